The Hall–Kier alpha value is -2.96. The lowest BCUT2D eigenvalue weighted by molar-refractivity contribution is 0.0618. The summed E-state index contributed by atoms with van der Waals surface area (Å²) in [6, 6.07) is 15.2. The first-order valence-electron chi connectivity index (χ1n) is 12.7. The van der Waals surface area contributed by atoms with Crippen LogP contribution in [0.15, 0.2) is 48.5 Å². The molecule has 4 nitrogen and oxygen atoms in total. The van der Waals surface area contributed by atoms with Gasteiger partial charge in [-0.05, 0) is 74.2 Å². The molecule has 2 aromatic heterocycles. The molecule has 1 saturated carbocycles. The molecular formula is C30H30ClFN2O2S. The average Bonchev–Trinajstić information content (AvgIpc) is 3.24. The molecule has 5 rings (SSSR count). The van der Waals surface area contributed by atoms with Crippen molar-refractivity contribution in [1.82, 2.24) is 9.88 Å². The monoisotopic (exact) mass is 536 g/mol. The lowest BCUT2D eigenvalue weighted by Crippen LogP contribution is -2.40. The Bertz CT molecular complexity index is 1440. The van der Waals surface area contributed by atoms with Gasteiger partial charge in [-0.2, -0.15) is 0 Å². The zero-order valence-corrected chi connectivity index (χ0v) is 22.9. The number of aromatic nitrogens is 1. The molecule has 1 fully saturated rings. The van der Waals surface area contributed by atoms with Crippen molar-refractivity contribution in [2.45, 2.75) is 58.5 Å². The van der Waals surface area contributed by atoms with E-state index in [0.29, 0.717) is 21.5 Å². The highest BCUT2D eigenvalue weighted by atomic mass is 35.5. The Balaban J connectivity index is 1.56. The van der Waals surface area contributed by atoms with E-state index in [1.165, 1.54) is 23.8 Å². The number of ether oxygens (including phenoxy) is 1. The van der Waals surface area contributed by atoms with Gasteiger partial charge in [0.05, 0.1) is 12.1 Å². The van der Waals surface area contributed by atoms with Gasteiger partial charge in [-0.3, -0.25) is 9.78 Å². The van der Waals surface area contributed by atoms with Gasteiger partial charge in [0.25, 0.3) is 5.91 Å². The summed E-state index contributed by atoms with van der Waals surface area (Å²) in [5.41, 5.74) is 4.96. The van der Waals surface area contributed by atoms with Gasteiger partial charge >= 0.3 is 0 Å². The first-order chi connectivity index (χ1) is 17.9. The van der Waals surface area contributed by atoms with Gasteiger partial charge in [-0.25, -0.2) is 4.39 Å². The van der Waals surface area contributed by atoms with Gasteiger partial charge in [0.1, 0.15) is 16.4 Å². The summed E-state index contributed by atoms with van der Waals surface area (Å²) in [5, 5.41) is 0.525. The maximum absolute atomic E-state index is 14.6. The van der Waals surface area contributed by atoms with Gasteiger partial charge in [-0.1, -0.05) is 43.0 Å². The van der Waals surface area contributed by atoms with Gasteiger partial charge in [0.2, 0.25) is 0 Å². The second kappa shape index (κ2) is 10.8. The molecule has 0 N–H and O–H groups in total. The highest BCUT2D eigenvalue weighted by molar-refractivity contribution is 7.21. The van der Waals surface area contributed by atoms with Crippen LogP contribution in [0.5, 0.6) is 5.75 Å². The molecule has 0 atom stereocenters. The maximum atomic E-state index is 14.6. The van der Waals surface area contributed by atoms with E-state index in [0.717, 1.165) is 59.5 Å². The van der Waals surface area contributed by atoms with E-state index in [1.54, 1.807) is 13.2 Å². The Morgan fingerprint density at radius 2 is 1.81 bits per heavy atom. The maximum Gasteiger partial charge on any atom is 0.266 e. The number of methoxy groups -OCH3 is 1. The van der Waals surface area contributed by atoms with Crippen molar-refractivity contribution in [3.05, 3.63) is 81.2 Å². The van der Waals surface area contributed by atoms with Crippen LogP contribution in [-0.4, -0.2) is 28.9 Å². The molecule has 4 aromatic rings. The van der Waals surface area contributed by atoms with Crippen LogP contribution < -0.4 is 4.74 Å². The molecule has 0 saturated heterocycles. The Morgan fingerprint density at radius 3 is 2.49 bits per heavy atom. The summed E-state index contributed by atoms with van der Waals surface area (Å²) in [6.45, 7) is 4.36. The van der Waals surface area contributed by atoms with E-state index in [2.05, 4.69) is 23.2 Å². The Morgan fingerprint density at radius 1 is 1.08 bits per heavy atom. The van der Waals surface area contributed by atoms with Crippen molar-refractivity contribution in [2.75, 3.05) is 7.11 Å². The smallest absolute Gasteiger partial charge is 0.266 e. The molecule has 7 heteroatoms. The molecule has 0 unspecified atom stereocenters. The number of fused-ring (bicyclic) bond motifs is 1. The van der Waals surface area contributed by atoms with E-state index in [4.69, 9.17) is 16.3 Å². The topological polar surface area (TPSA) is 42.4 Å². The van der Waals surface area contributed by atoms with Crippen LogP contribution in [0.3, 0.4) is 0 Å². The lowest BCUT2D eigenvalue weighted by atomic mass is 9.93. The quantitative estimate of drug-likeness (QED) is 0.248. The molecular weight excluding hydrogens is 507 g/mol. The minimum Gasteiger partial charge on any atom is -0.496 e. The minimum atomic E-state index is -0.403. The summed E-state index contributed by atoms with van der Waals surface area (Å²) in [5.74, 6) is 0.174. The standard InChI is InChI=1S/C30H30ClFN2O2S/c1-18-14-21(15-19(2)33-18)20-12-13-25(36-3)22(16-20)17-34(23-8-5-4-6-9-23)30(35)29-28(31)27-24(32)10-7-11-26(27)37-29/h7,10-16,23H,4-6,8-9,17H2,1-3H3. The molecule has 1 amide bonds. The van der Waals surface area contributed by atoms with Crippen LogP contribution in [0.1, 0.15) is 58.7 Å². The number of halogens is 2. The number of aryl methyl sites for hydroxylation is 2. The molecule has 1 aliphatic rings. The van der Waals surface area contributed by atoms with Crippen LogP contribution in [0.25, 0.3) is 21.2 Å². The first kappa shape index (κ1) is 25.7. The van der Waals surface area contributed by atoms with Crippen molar-refractivity contribution in [1.29, 1.82) is 0 Å². The third-order valence-electron chi connectivity index (χ3n) is 7.11. The Labute approximate surface area is 226 Å². The van der Waals surface area contributed by atoms with Crippen molar-refractivity contribution >= 4 is 38.9 Å². The number of hydrogen-bond donors (Lipinski definition) is 0. The molecule has 192 valence electrons. The van der Waals surface area contributed by atoms with Crippen molar-refractivity contribution < 1.29 is 13.9 Å². The fourth-order valence-corrected chi connectivity index (χ4v) is 6.87. The van der Waals surface area contributed by atoms with E-state index in [-0.39, 0.29) is 17.0 Å². The third-order valence-corrected chi connectivity index (χ3v) is 8.75. The normalized spacial score (nSPS) is 14.2. The molecule has 1 aliphatic carbocycles. The lowest BCUT2D eigenvalue weighted by Gasteiger charge is -2.34. The fraction of sp³-hybridized carbons (Fsp3) is 0.333. The van der Waals surface area contributed by atoms with E-state index in [1.807, 2.05) is 36.9 Å². The molecule has 0 spiro atoms. The SMILES string of the molecule is COc1ccc(-c2cc(C)nc(C)c2)cc1CN(C(=O)c1sc2cccc(F)c2c1Cl)C1CCCCC1. The first-order valence-corrected chi connectivity index (χ1v) is 13.8. The molecule has 0 aliphatic heterocycles. The highest BCUT2D eigenvalue weighted by Crippen LogP contribution is 2.39. The molecule has 2 heterocycles. The van der Waals surface area contributed by atoms with Gasteiger partial charge in [0.15, 0.2) is 0 Å². The molecule has 0 bridgehead atoms. The summed E-state index contributed by atoms with van der Waals surface area (Å²) in [7, 11) is 1.65. The van der Waals surface area contributed by atoms with E-state index >= 15 is 0 Å². The minimum absolute atomic E-state index is 0.0890. The summed E-state index contributed by atoms with van der Waals surface area (Å²) < 4.78 is 21.0. The number of hydrogen-bond acceptors (Lipinski definition) is 4. The Kier molecular flexibility index (Phi) is 7.50. The number of nitrogens with zero attached hydrogens (tertiary/aromatic N) is 2. The number of thiophene rings is 1. The van der Waals surface area contributed by atoms with Crippen LogP contribution in [0.2, 0.25) is 5.02 Å². The van der Waals surface area contributed by atoms with Crippen LogP contribution >= 0.6 is 22.9 Å². The highest BCUT2D eigenvalue weighted by Gasteiger charge is 2.31. The van der Waals surface area contributed by atoms with Crippen LogP contribution in [-0.2, 0) is 6.54 Å². The fourth-order valence-electron chi connectivity index (χ4n) is 5.36. The molecule has 0 radical (unpaired) electrons. The van der Waals surface area contributed by atoms with Gasteiger partial charge in [0, 0.05) is 39.6 Å². The predicted molar refractivity (Wildman–Crippen MR) is 149 cm³/mol. The van der Waals surface area contributed by atoms with Crippen LogP contribution in [0.4, 0.5) is 4.39 Å². The van der Waals surface area contributed by atoms with Crippen molar-refractivity contribution in [3.63, 3.8) is 0 Å². The van der Waals surface area contributed by atoms with Gasteiger partial charge < -0.3 is 9.64 Å². The second-order valence-corrected chi connectivity index (χ2v) is 11.2. The number of carbonyl (C=O) groups excluding carboxylic acids is 1. The number of rotatable bonds is 6. The van der Waals surface area contributed by atoms with Crippen molar-refractivity contribution in [2.24, 2.45) is 0 Å². The average molecular weight is 537 g/mol. The van der Waals surface area contributed by atoms with E-state index in [9.17, 15) is 9.18 Å². The zero-order valence-electron chi connectivity index (χ0n) is 21.3. The van der Waals surface area contributed by atoms with Crippen molar-refractivity contribution in [3.8, 4) is 16.9 Å². The number of amides is 1. The number of carbonyl (C=O) groups is 1. The molecule has 2 aromatic carbocycles. The van der Waals surface area contributed by atoms with Gasteiger partial charge in [-0.15, -0.1) is 11.3 Å². The summed E-state index contributed by atoms with van der Waals surface area (Å²) in [4.78, 5) is 20.9. The van der Waals surface area contributed by atoms with Crippen LogP contribution in [0, 0.1) is 19.7 Å². The third kappa shape index (κ3) is 5.23. The number of pyridine rings is 1. The second-order valence-electron chi connectivity index (χ2n) is 9.75. The summed E-state index contributed by atoms with van der Waals surface area (Å²) >= 11 is 7.89. The number of benzene rings is 2. The molecule has 37 heavy (non-hydrogen) atoms. The largest absolute Gasteiger partial charge is 0.496 e. The zero-order chi connectivity index (χ0) is 26.1. The predicted octanol–water partition coefficient (Wildman–Crippen LogP) is 8.36. The summed E-state index contributed by atoms with van der Waals surface area (Å²) in [6.07, 6.45) is 5.21. The van der Waals surface area contributed by atoms with E-state index < -0.39 is 5.82 Å².